The van der Waals surface area contributed by atoms with E-state index in [1.807, 2.05) is 0 Å². The second-order valence-electron chi connectivity index (χ2n) is 10.2. The van der Waals surface area contributed by atoms with Crippen molar-refractivity contribution in [1.29, 1.82) is 0 Å². The highest BCUT2D eigenvalue weighted by Crippen LogP contribution is 2.22. The van der Waals surface area contributed by atoms with E-state index in [2.05, 4.69) is 19.1 Å². The molecule has 3 atom stereocenters. The number of carboxylic acid groups (broad SMARTS) is 3. The second kappa shape index (κ2) is 18.4. The summed E-state index contributed by atoms with van der Waals surface area (Å²) < 4.78 is 0.215. The number of hydrogen-bond acceptors (Lipinski definition) is 3. The monoisotopic (exact) mass is 484 g/mol. The SMILES string of the molecule is CCCCCCC/C=C/CCCCCC[N+](CC(C)C(=O)O)(CC(C)C(=O)O)CC(C)C(=O)O. The zero-order valence-electron chi connectivity index (χ0n) is 22.0. The number of aliphatic carboxylic acids is 3. The summed E-state index contributed by atoms with van der Waals surface area (Å²) in [6.07, 6.45) is 17.2. The molecule has 0 saturated carbocycles. The number of allylic oxidation sites excluding steroid dienone is 2. The number of rotatable bonds is 22. The number of quaternary nitrogens is 1. The quantitative estimate of drug-likeness (QED) is 0.101. The van der Waals surface area contributed by atoms with Crippen LogP contribution in [-0.2, 0) is 14.4 Å². The van der Waals surface area contributed by atoms with Gasteiger partial charge >= 0.3 is 17.9 Å². The Labute approximate surface area is 206 Å². The summed E-state index contributed by atoms with van der Waals surface area (Å²) in [6.45, 7) is 8.39. The molecule has 0 aromatic carbocycles. The van der Waals surface area contributed by atoms with E-state index in [9.17, 15) is 29.7 Å². The summed E-state index contributed by atoms with van der Waals surface area (Å²) in [5.74, 6) is -4.83. The number of hydrogen-bond donors (Lipinski definition) is 3. The number of carbonyl (C=O) groups is 3. The van der Waals surface area contributed by atoms with Gasteiger partial charge in [-0.15, -0.1) is 0 Å². The van der Waals surface area contributed by atoms with Crippen LogP contribution in [0.25, 0.3) is 0 Å². The Morgan fingerprint density at radius 1 is 0.618 bits per heavy atom. The normalized spacial score (nSPS) is 16.1. The lowest BCUT2D eigenvalue weighted by molar-refractivity contribution is -0.934. The highest BCUT2D eigenvalue weighted by atomic mass is 16.4. The van der Waals surface area contributed by atoms with Crippen molar-refractivity contribution in [3.63, 3.8) is 0 Å². The van der Waals surface area contributed by atoms with Gasteiger partial charge < -0.3 is 19.8 Å². The van der Waals surface area contributed by atoms with Gasteiger partial charge in [0.05, 0.1) is 26.2 Å². The summed E-state index contributed by atoms with van der Waals surface area (Å²) >= 11 is 0. The molecule has 0 aromatic rings. The molecule has 3 N–H and O–H groups in total. The van der Waals surface area contributed by atoms with Gasteiger partial charge in [-0.05, 0) is 59.3 Å². The topological polar surface area (TPSA) is 112 Å². The lowest BCUT2D eigenvalue weighted by atomic mass is 10.0. The molecule has 0 radical (unpaired) electrons. The van der Waals surface area contributed by atoms with Crippen LogP contribution in [0, 0.1) is 17.8 Å². The van der Waals surface area contributed by atoms with Crippen molar-refractivity contribution in [3.8, 4) is 0 Å². The third-order valence-electron chi connectivity index (χ3n) is 6.64. The van der Waals surface area contributed by atoms with Crippen molar-refractivity contribution >= 4 is 17.9 Å². The Balaban J connectivity index is 4.80. The Bertz CT molecular complexity index is 563. The first kappa shape index (κ1) is 32.1. The number of carboxylic acids is 3. The second-order valence-corrected chi connectivity index (χ2v) is 10.2. The first-order valence-corrected chi connectivity index (χ1v) is 13.2. The van der Waals surface area contributed by atoms with E-state index < -0.39 is 35.7 Å². The van der Waals surface area contributed by atoms with Crippen molar-refractivity contribution in [3.05, 3.63) is 12.2 Å². The van der Waals surface area contributed by atoms with Crippen LogP contribution < -0.4 is 0 Å². The van der Waals surface area contributed by atoms with E-state index >= 15 is 0 Å². The van der Waals surface area contributed by atoms with E-state index in [0.717, 1.165) is 38.5 Å². The Kier molecular flexibility index (Phi) is 17.4. The van der Waals surface area contributed by atoms with E-state index in [4.69, 9.17) is 0 Å². The van der Waals surface area contributed by atoms with E-state index in [1.54, 1.807) is 20.8 Å². The summed E-state index contributed by atoms with van der Waals surface area (Å²) in [5, 5.41) is 28.4. The van der Waals surface area contributed by atoms with Gasteiger partial charge in [0.15, 0.2) is 0 Å². The lowest BCUT2D eigenvalue weighted by Gasteiger charge is -2.42. The maximum atomic E-state index is 11.6. The molecule has 34 heavy (non-hydrogen) atoms. The summed E-state index contributed by atoms with van der Waals surface area (Å²) in [4.78, 5) is 34.7. The molecular formula is C27H50NO6+. The molecular weight excluding hydrogens is 434 g/mol. The maximum absolute atomic E-state index is 11.6. The molecule has 0 heterocycles. The van der Waals surface area contributed by atoms with Gasteiger partial charge in [-0.1, -0.05) is 51.2 Å². The molecule has 0 fully saturated rings. The average molecular weight is 485 g/mol. The van der Waals surface area contributed by atoms with Crippen molar-refractivity contribution < 1.29 is 34.2 Å². The molecule has 0 aliphatic heterocycles. The third-order valence-corrected chi connectivity index (χ3v) is 6.64. The van der Waals surface area contributed by atoms with Crippen molar-refractivity contribution in [2.24, 2.45) is 17.8 Å². The van der Waals surface area contributed by atoms with Crippen LogP contribution in [0.5, 0.6) is 0 Å². The summed E-state index contributed by atoms with van der Waals surface area (Å²) in [6, 6.07) is 0. The summed E-state index contributed by atoms with van der Waals surface area (Å²) in [5.41, 5.74) is 0. The molecule has 3 unspecified atom stereocenters. The fourth-order valence-corrected chi connectivity index (χ4v) is 4.64. The lowest BCUT2D eigenvalue weighted by Crippen LogP contribution is -2.57. The Hall–Kier alpha value is -1.89. The van der Waals surface area contributed by atoms with Gasteiger partial charge in [0, 0.05) is 0 Å². The first-order valence-electron chi connectivity index (χ1n) is 13.2. The molecule has 0 aliphatic carbocycles. The molecule has 0 rings (SSSR count). The van der Waals surface area contributed by atoms with Crippen LogP contribution in [0.4, 0.5) is 0 Å². The molecule has 7 heteroatoms. The molecule has 0 spiro atoms. The highest BCUT2D eigenvalue weighted by Gasteiger charge is 2.38. The molecule has 0 aliphatic rings. The van der Waals surface area contributed by atoms with Crippen LogP contribution in [-0.4, -0.2) is 63.9 Å². The predicted molar refractivity (Wildman–Crippen MR) is 136 cm³/mol. The van der Waals surface area contributed by atoms with Gasteiger partial charge in [0.2, 0.25) is 0 Å². The first-order chi connectivity index (χ1) is 16.0. The minimum atomic E-state index is -0.939. The standard InChI is InChI=1S/C27H49NO6/c1-5-6-7-8-9-10-11-12-13-14-15-16-17-18-28(19-22(2)25(29)30,20-23(3)26(31)32)21-24(4)27(33)34/h11-12,22-24H,5-10,13-21H2,1-4H3,(H2-,29,30,31,32,33,34)/p+1/b12-11+. The van der Waals surface area contributed by atoms with Gasteiger partial charge in [0.25, 0.3) is 0 Å². The fraction of sp³-hybridized carbons (Fsp3) is 0.815. The Morgan fingerprint density at radius 3 is 1.32 bits per heavy atom. The number of nitrogens with zero attached hydrogens (tertiary/aromatic N) is 1. The van der Waals surface area contributed by atoms with Gasteiger partial charge in [-0.25, -0.2) is 0 Å². The smallest absolute Gasteiger partial charge is 0.311 e. The predicted octanol–water partition coefficient (Wildman–Crippen LogP) is 5.83. The highest BCUT2D eigenvalue weighted by molar-refractivity contribution is 5.70. The zero-order valence-corrected chi connectivity index (χ0v) is 22.0. The largest absolute Gasteiger partial charge is 0.481 e. The van der Waals surface area contributed by atoms with E-state index in [1.165, 1.54) is 32.1 Å². The van der Waals surface area contributed by atoms with Gasteiger partial charge in [-0.2, -0.15) is 0 Å². The average Bonchev–Trinajstić information content (AvgIpc) is 2.76. The van der Waals surface area contributed by atoms with Crippen molar-refractivity contribution in [1.82, 2.24) is 0 Å². The maximum Gasteiger partial charge on any atom is 0.311 e. The number of unbranched alkanes of at least 4 members (excludes halogenated alkanes) is 9. The third kappa shape index (κ3) is 15.1. The van der Waals surface area contributed by atoms with Crippen LogP contribution in [0.1, 0.15) is 98.3 Å². The van der Waals surface area contributed by atoms with Crippen molar-refractivity contribution in [2.75, 3.05) is 26.2 Å². The Morgan fingerprint density at radius 2 is 0.971 bits per heavy atom. The minimum absolute atomic E-state index is 0.215. The molecule has 198 valence electrons. The molecule has 0 amide bonds. The summed E-state index contributed by atoms with van der Waals surface area (Å²) in [7, 11) is 0. The van der Waals surface area contributed by atoms with Crippen LogP contribution >= 0.6 is 0 Å². The minimum Gasteiger partial charge on any atom is -0.481 e. The van der Waals surface area contributed by atoms with Crippen LogP contribution in [0.3, 0.4) is 0 Å². The van der Waals surface area contributed by atoms with Crippen LogP contribution in [0.2, 0.25) is 0 Å². The fourth-order valence-electron chi connectivity index (χ4n) is 4.64. The molecule has 0 bridgehead atoms. The molecule has 0 aromatic heterocycles. The molecule has 0 saturated heterocycles. The van der Waals surface area contributed by atoms with Crippen molar-refractivity contribution in [2.45, 2.75) is 98.3 Å². The van der Waals surface area contributed by atoms with Gasteiger partial charge in [0.1, 0.15) is 17.8 Å². The van der Waals surface area contributed by atoms with Crippen LogP contribution in [0.15, 0.2) is 12.2 Å². The van der Waals surface area contributed by atoms with Gasteiger partial charge in [-0.3, -0.25) is 14.4 Å². The molecule has 7 nitrogen and oxygen atoms in total. The van der Waals surface area contributed by atoms with E-state index in [-0.39, 0.29) is 24.1 Å². The van der Waals surface area contributed by atoms with E-state index in [0.29, 0.717) is 6.54 Å². The zero-order chi connectivity index (χ0) is 26.0.